The zero-order valence-electron chi connectivity index (χ0n) is 8.76. The number of aromatic nitrogens is 2. The molecule has 5 nitrogen and oxygen atoms in total. The smallest absolute Gasteiger partial charge is 0.387 e. The number of methoxy groups -OCH3 is 1. The molecule has 0 saturated carbocycles. The van der Waals surface area contributed by atoms with E-state index in [0.29, 0.717) is 5.65 Å². The van der Waals surface area contributed by atoms with Gasteiger partial charge < -0.3 is 9.47 Å². The average Bonchev–Trinajstić information content (AvgIpc) is 2.70. The molecule has 0 unspecified atom stereocenters. The van der Waals surface area contributed by atoms with Gasteiger partial charge in [-0.05, 0) is 12.1 Å². The Balaban J connectivity index is 2.46. The van der Waals surface area contributed by atoms with E-state index < -0.39 is 12.6 Å². The molecule has 0 radical (unpaired) electrons. The van der Waals surface area contributed by atoms with Crippen molar-refractivity contribution in [3.63, 3.8) is 0 Å². The molecule has 90 valence electrons. The fraction of sp³-hybridized carbons (Fsp3) is 0.200. The van der Waals surface area contributed by atoms with Gasteiger partial charge in [0.15, 0.2) is 5.69 Å². The number of ether oxygens (including phenoxy) is 2. The summed E-state index contributed by atoms with van der Waals surface area (Å²) >= 11 is 0. The van der Waals surface area contributed by atoms with Crippen LogP contribution < -0.4 is 4.74 Å². The van der Waals surface area contributed by atoms with Gasteiger partial charge in [0.1, 0.15) is 11.4 Å². The van der Waals surface area contributed by atoms with Crippen LogP contribution >= 0.6 is 0 Å². The van der Waals surface area contributed by atoms with Crippen molar-refractivity contribution in [3.8, 4) is 5.75 Å². The van der Waals surface area contributed by atoms with Crippen molar-refractivity contribution < 1.29 is 23.0 Å². The third kappa shape index (κ3) is 2.17. The Labute approximate surface area is 94.6 Å². The second-order valence-corrected chi connectivity index (χ2v) is 3.11. The summed E-state index contributed by atoms with van der Waals surface area (Å²) in [7, 11) is 1.22. The molecule has 7 heteroatoms. The summed E-state index contributed by atoms with van der Waals surface area (Å²) < 4.78 is 34.2. The molecule has 2 aromatic heterocycles. The maximum atomic E-state index is 12.0. The second kappa shape index (κ2) is 4.36. The van der Waals surface area contributed by atoms with E-state index in [4.69, 9.17) is 0 Å². The minimum absolute atomic E-state index is 0.0596. The minimum atomic E-state index is -2.92. The van der Waals surface area contributed by atoms with E-state index in [1.807, 2.05) is 0 Å². The number of hydrogen-bond donors (Lipinski definition) is 0. The van der Waals surface area contributed by atoms with Crippen molar-refractivity contribution in [2.75, 3.05) is 7.11 Å². The Morgan fingerprint density at radius 1 is 1.47 bits per heavy atom. The predicted molar refractivity (Wildman–Crippen MR) is 53.2 cm³/mol. The first-order valence-electron chi connectivity index (χ1n) is 4.62. The molecular weight excluding hydrogens is 234 g/mol. The first-order valence-corrected chi connectivity index (χ1v) is 4.62. The number of fused-ring (bicyclic) bond motifs is 1. The first kappa shape index (κ1) is 11.3. The van der Waals surface area contributed by atoms with Crippen molar-refractivity contribution in [2.24, 2.45) is 0 Å². The average molecular weight is 242 g/mol. The van der Waals surface area contributed by atoms with Gasteiger partial charge in [0.05, 0.1) is 19.5 Å². The molecule has 0 aliphatic carbocycles. The normalized spacial score (nSPS) is 10.8. The molecule has 2 aromatic rings. The Hall–Kier alpha value is -2.18. The molecular formula is C10H8F2N2O3. The Kier molecular flexibility index (Phi) is 2.90. The number of halogens is 2. The fourth-order valence-electron chi connectivity index (χ4n) is 1.39. The SMILES string of the molecule is COC(=O)c1cnc2ccc(OC(F)F)cn12. The lowest BCUT2D eigenvalue weighted by atomic mass is 10.4. The minimum Gasteiger partial charge on any atom is -0.464 e. The van der Waals surface area contributed by atoms with Crippen LogP contribution in [0.4, 0.5) is 8.78 Å². The van der Waals surface area contributed by atoms with Gasteiger partial charge in [0.25, 0.3) is 0 Å². The number of alkyl halides is 2. The number of carbonyl (C=O) groups excluding carboxylic acids is 1. The number of imidazole rings is 1. The zero-order valence-corrected chi connectivity index (χ0v) is 8.76. The van der Waals surface area contributed by atoms with Crippen molar-refractivity contribution in [2.45, 2.75) is 6.61 Å². The van der Waals surface area contributed by atoms with E-state index in [2.05, 4.69) is 14.5 Å². The molecule has 0 amide bonds. The Morgan fingerprint density at radius 3 is 2.88 bits per heavy atom. The monoisotopic (exact) mass is 242 g/mol. The van der Waals surface area contributed by atoms with Crippen molar-refractivity contribution >= 4 is 11.6 Å². The number of nitrogens with zero attached hydrogens (tertiary/aromatic N) is 2. The van der Waals surface area contributed by atoms with Gasteiger partial charge in [-0.25, -0.2) is 9.78 Å². The Morgan fingerprint density at radius 2 is 2.24 bits per heavy atom. The topological polar surface area (TPSA) is 52.8 Å². The summed E-state index contributed by atoms with van der Waals surface area (Å²) in [6, 6.07) is 2.81. The fourth-order valence-corrected chi connectivity index (χ4v) is 1.39. The summed E-state index contributed by atoms with van der Waals surface area (Å²) in [5.74, 6) is -0.664. The molecule has 0 spiro atoms. The third-order valence-corrected chi connectivity index (χ3v) is 2.10. The molecule has 0 saturated heterocycles. The van der Waals surface area contributed by atoms with Crippen LogP contribution in [0.25, 0.3) is 5.65 Å². The molecule has 0 aliphatic rings. The van der Waals surface area contributed by atoms with Crippen molar-refractivity contribution in [3.05, 3.63) is 30.2 Å². The van der Waals surface area contributed by atoms with Crippen LogP contribution in [0.5, 0.6) is 5.75 Å². The summed E-state index contributed by atoms with van der Waals surface area (Å²) in [5, 5.41) is 0. The number of esters is 1. The van der Waals surface area contributed by atoms with E-state index in [9.17, 15) is 13.6 Å². The standard InChI is InChI=1S/C10H8F2N2O3/c1-16-9(15)7-4-13-8-3-2-6(5-14(7)8)17-10(11)12/h2-5,10H,1H3. The van der Waals surface area contributed by atoms with E-state index in [0.717, 1.165) is 0 Å². The number of rotatable bonds is 3. The van der Waals surface area contributed by atoms with Crippen LogP contribution in [0.15, 0.2) is 24.5 Å². The highest BCUT2D eigenvalue weighted by Gasteiger charge is 2.13. The first-order chi connectivity index (χ1) is 8.11. The number of pyridine rings is 1. The highest BCUT2D eigenvalue weighted by atomic mass is 19.3. The molecule has 0 N–H and O–H groups in total. The summed E-state index contributed by atoms with van der Waals surface area (Å²) in [4.78, 5) is 15.3. The summed E-state index contributed by atoms with van der Waals surface area (Å²) in [5.41, 5.74) is 0.578. The lowest BCUT2D eigenvalue weighted by molar-refractivity contribution is -0.0501. The maximum Gasteiger partial charge on any atom is 0.387 e. The molecule has 2 rings (SSSR count). The van der Waals surface area contributed by atoms with Crippen LogP contribution in [0, 0.1) is 0 Å². The van der Waals surface area contributed by atoms with Gasteiger partial charge >= 0.3 is 12.6 Å². The molecule has 2 heterocycles. The maximum absolute atomic E-state index is 12.0. The van der Waals surface area contributed by atoms with Crippen LogP contribution in [0.3, 0.4) is 0 Å². The molecule has 0 bridgehead atoms. The lowest BCUT2D eigenvalue weighted by Gasteiger charge is -2.05. The van der Waals surface area contributed by atoms with Gasteiger partial charge in [-0.3, -0.25) is 4.40 Å². The van der Waals surface area contributed by atoms with Gasteiger partial charge in [-0.2, -0.15) is 8.78 Å². The predicted octanol–water partition coefficient (Wildman–Crippen LogP) is 1.72. The van der Waals surface area contributed by atoms with E-state index in [-0.39, 0.29) is 11.4 Å². The number of hydrogen-bond acceptors (Lipinski definition) is 4. The van der Waals surface area contributed by atoms with Gasteiger partial charge in [0, 0.05) is 0 Å². The molecule has 0 aromatic carbocycles. The summed E-state index contributed by atoms with van der Waals surface area (Å²) in [6.07, 6.45) is 2.55. The molecule has 0 aliphatic heterocycles. The largest absolute Gasteiger partial charge is 0.464 e. The van der Waals surface area contributed by atoms with Crippen molar-refractivity contribution in [1.29, 1.82) is 0 Å². The van der Waals surface area contributed by atoms with Gasteiger partial charge in [0.2, 0.25) is 0 Å². The quantitative estimate of drug-likeness (QED) is 0.769. The van der Waals surface area contributed by atoms with E-state index in [1.54, 1.807) is 0 Å². The van der Waals surface area contributed by atoms with E-state index in [1.165, 1.54) is 36.0 Å². The van der Waals surface area contributed by atoms with Crippen LogP contribution in [-0.2, 0) is 4.74 Å². The van der Waals surface area contributed by atoms with Crippen LogP contribution in [0.2, 0.25) is 0 Å². The van der Waals surface area contributed by atoms with E-state index >= 15 is 0 Å². The molecule has 17 heavy (non-hydrogen) atoms. The van der Waals surface area contributed by atoms with Crippen molar-refractivity contribution in [1.82, 2.24) is 9.38 Å². The number of carbonyl (C=O) groups is 1. The molecule has 0 atom stereocenters. The van der Waals surface area contributed by atoms with Crippen LogP contribution in [-0.4, -0.2) is 29.1 Å². The lowest BCUT2D eigenvalue weighted by Crippen LogP contribution is -2.07. The highest BCUT2D eigenvalue weighted by Crippen LogP contribution is 2.17. The zero-order chi connectivity index (χ0) is 12.4. The van der Waals surface area contributed by atoms with Gasteiger partial charge in [-0.15, -0.1) is 0 Å². The van der Waals surface area contributed by atoms with Gasteiger partial charge in [-0.1, -0.05) is 0 Å². The highest BCUT2D eigenvalue weighted by molar-refractivity contribution is 5.88. The molecule has 0 fully saturated rings. The second-order valence-electron chi connectivity index (χ2n) is 3.11. The Bertz CT molecular complexity index is 553. The van der Waals surface area contributed by atoms with Crippen LogP contribution in [0.1, 0.15) is 10.5 Å². The summed E-state index contributed by atoms with van der Waals surface area (Å²) in [6.45, 7) is -2.92. The third-order valence-electron chi connectivity index (χ3n) is 2.10.